The van der Waals surface area contributed by atoms with Gasteiger partial charge in [0.1, 0.15) is 0 Å². The van der Waals surface area contributed by atoms with E-state index in [0.717, 1.165) is 34.0 Å². The van der Waals surface area contributed by atoms with Crippen LogP contribution in [0.4, 0.5) is 10.8 Å². The van der Waals surface area contributed by atoms with Gasteiger partial charge in [-0.1, -0.05) is 11.3 Å². The number of fused-ring (bicyclic) bond motifs is 1. The Labute approximate surface area is 115 Å². The highest BCUT2D eigenvalue weighted by Gasteiger charge is 2.03. The maximum Gasteiger partial charge on any atom is 0.183 e. The molecule has 0 saturated heterocycles. The molecular formula is C14H14N4S. The summed E-state index contributed by atoms with van der Waals surface area (Å²) in [5.41, 5.74) is 8.80. The molecule has 5 heteroatoms. The minimum Gasteiger partial charge on any atom is -0.399 e. The predicted molar refractivity (Wildman–Crippen MR) is 80.5 cm³/mol. The topological polar surface area (TPSA) is 63.8 Å². The van der Waals surface area contributed by atoms with E-state index in [4.69, 9.17) is 5.73 Å². The van der Waals surface area contributed by atoms with E-state index in [2.05, 4.69) is 15.3 Å². The monoisotopic (exact) mass is 270 g/mol. The van der Waals surface area contributed by atoms with Crippen LogP contribution in [0.25, 0.3) is 10.2 Å². The summed E-state index contributed by atoms with van der Waals surface area (Å²) in [6, 6.07) is 9.85. The van der Waals surface area contributed by atoms with Crippen molar-refractivity contribution in [1.29, 1.82) is 0 Å². The second-order valence-electron chi connectivity index (χ2n) is 4.28. The molecule has 0 atom stereocenters. The van der Waals surface area contributed by atoms with Crippen molar-refractivity contribution in [3.63, 3.8) is 0 Å². The van der Waals surface area contributed by atoms with Crippen molar-refractivity contribution < 1.29 is 0 Å². The highest BCUT2D eigenvalue weighted by atomic mass is 32.1. The van der Waals surface area contributed by atoms with E-state index in [0.29, 0.717) is 0 Å². The second-order valence-corrected chi connectivity index (χ2v) is 5.31. The van der Waals surface area contributed by atoms with Crippen LogP contribution in [-0.2, 0) is 6.42 Å². The first-order valence-corrected chi connectivity index (χ1v) is 6.92. The number of anilines is 2. The molecule has 0 fully saturated rings. The van der Waals surface area contributed by atoms with Gasteiger partial charge in [-0.2, -0.15) is 0 Å². The fraction of sp³-hybridized carbons (Fsp3) is 0.143. The summed E-state index contributed by atoms with van der Waals surface area (Å²) in [7, 11) is 0. The Morgan fingerprint density at radius 2 is 2.00 bits per heavy atom. The van der Waals surface area contributed by atoms with E-state index in [1.807, 2.05) is 42.7 Å². The molecule has 0 amide bonds. The van der Waals surface area contributed by atoms with Crippen LogP contribution in [0.1, 0.15) is 5.56 Å². The summed E-state index contributed by atoms with van der Waals surface area (Å²) >= 11 is 1.63. The highest BCUT2D eigenvalue weighted by molar-refractivity contribution is 7.22. The molecule has 3 aromatic rings. The number of nitrogens with one attached hydrogen (secondary N) is 1. The molecule has 2 heterocycles. The van der Waals surface area contributed by atoms with Crippen LogP contribution in [0.2, 0.25) is 0 Å². The van der Waals surface area contributed by atoms with Crippen LogP contribution in [0.15, 0.2) is 42.7 Å². The summed E-state index contributed by atoms with van der Waals surface area (Å²) in [4.78, 5) is 8.53. The Morgan fingerprint density at radius 1 is 1.16 bits per heavy atom. The molecule has 19 heavy (non-hydrogen) atoms. The number of rotatable bonds is 4. The van der Waals surface area contributed by atoms with Crippen molar-refractivity contribution in [2.24, 2.45) is 0 Å². The third-order valence-electron chi connectivity index (χ3n) is 2.85. The molecule has 0 saturated carbocycles. The summed E-state index contributed by atoms with van der Waals surface area (Å²) < 4.78 is 1.12. The van der Waals surface area contributed by atoms with Gasteiger partial charge in [0.25, 0.3) is 0 Å². The van der Waals surface area contributed by atoms with Crippen LogP contribution >= 0.6 is 11.3 Å². The predicted octanol–water partition coefficient (Wildman–Crippen LogP) is 2.93. The van der Waals surface area contributed by atoms with Gasteiger partial charge < -0.3 is 11.1 Å². The van der Waals surface area contributed by atoms with Gasteiger partial charge in [0.2, 0.25) is 0 Å². The number of nitrogens with zero attached hydrogens (tertiary/aromatic N) is 2. The van der Waals surface area contributed by atoms with Gasteiger partial charge in [-0.15, -0.1) is 0 Å². The Hall–Kier alpha value is -2.14. The van der Waals surface area contributed by atoms with E-state index >= 15 is 0 Å². The summed E-state index contributed by atoms with van der Waals surface area (Å²) in [5.74, 6) is 0. The number of benzene rings is 1. The third-order valence-corrected chi connectivity index (χ3v) is 3.83. The van der Waals surface area contributed by atoms with Crippen molar-refractivity contribution in [3.05, 3.63) is 48.3 Å². The molecule has 2 aromatic heterocycles. The highest BCUT2D eigenvalue weighted by Crippen LogP contribution is 2.27. The fourth-order valence-corrected chi connectivity index (χ4v) is 2.82. The SMILES string of the molecule is Nc1ccc2nc(NCCc3ccncc3)sc2c1. The van der Waals surface area contributed by atoms with Gasteiger partial charge in [-0.3, -0.25) is 4.98 Å². The number of nitrogen functional groups attached to an aromatic ring is 1. The molecular weight excluding hydrogens is 256 g/mol. The van der Waals surface area contributed by atoms with E-state index in [1.165, 1.54) is 5.56 Å². The molecule has 0 aliphatic carbocycles. The number of thiazole rings is 1. The molecule has 0 aliphatic rings. The van der Waals surface area contributed by atoms with Crippen molar-refractivity contribution in [2.45, 2.75) is 6.42 Å². The molecule has 0 radical (unpaired) electrons. The largest absolute Gasteiger partial charge is 0.399 e. The number of pyridine rings is 1. The molecule has 0 spiro atoms. The Kier molecular flexibility index (Phi) is 3.29. The van der Waals surface area contributed by atoms with Crippen LogP contribution in [0.5, 0.6) is 0 Å². The normalized spacial score (nSPS) is 10.7. The van der Waals surface area contributed by atoms with Crippen LogP contribution < -0.4 is 11.1 Å². The lowest BCUT2D eigenvalue weighted by molar-refractivity contribution is 1.01. The molecule has 96 valence electrons. The summed E-state index contributed by atoms with van der Waals surface area (Å²) in [6.07, 6.45) is 4.59. The van der Waals surface area contributed by atoms with Crippen molar-refractivity contribution >= 4 is 32.4 Å². The fourth-order valence-electron chi connectivity index (χ4n) is 1.88. The maximum absolute atomic E-state index is 5.76. The molecule has 4 nitrogen and oxygen atoms in total. The molecule has 3 rings (SSSR count). The van der Waals surface area contributed by atoms with Gasteiger partial charge in [-0.05, 0) is 42.3 Å². The van der Waals surface area contributed by atoms with Crippen molar-refractivity contribution in [2.75, 3.05) is 17.6 Å². The first kappa shape index (κ1) is 11.9. The number of nitrogens with two attached hydrogens (primary N) is 1. The van der Waals surface area contributed by atoms with E-state index in [-0.39, 0.29) is 0 Å². The van der Waals surface area contributed by atoms with Gasteiger partial charge >= 0.3 is 0 Å². The quantitative estimate of drug-likeness (QED) is 0.715. The van der Waals surface area contributed by atoms with Gasteiger partial charge in [0.15, 0.2) is 5.13 Å². The third kappa shape index (κ3) is 2.82. The zero-order valence-corrected chi connectivity index (χ0v) is 11.2. The lowest BCUT2D eigenvalue weighted by Crippen LogP contribution is -2.04. The zero-order valence-electron chi connectivity index (χ0n) is 10.3. The van der Waals surface area contributed by atoms with E-state index < -0.39 is 0 Å². The number of aromatic nitrogens is 2. The Bertz CT molecular complexity index is 678. The van der Waals surface area contributed by atoms with E-state index in [1.54, 1.807) is 11.3 Å². The lowest BCUT2D eigenvalue weighted by atomic mass is 10.2. The van der Waals surface area contributed by atoms with Crippen LogP contribution in [0.3, 0.4) is 0 Å². The first-order chi connectivity index (χ1) is 9.31. The first-order valence-electron chi connectivity index (χ1n) is 6.10. The van der Waals surface area contributed by atoms with Gasteiger partial charge in [0, 0.05) is 24.6 Å². The smallest absolute Gasteiger partial charge is 0.183 e. The van der Waals surface area contributed by atoms with Crippen LogP contribution in [0, 0.1) is 0 Å². The lowest BCUT2D eigenvalue weighted by Gasteiger charge is -2.01. The minimum atomic E-state index is 0.777. The Balaban J connectivity index is 1.65. The zero-order chi connectivity index (χ0) is 13.1. The molecule has 0 aliphatic heterocycles. The summed E-state index contributed by atoms with van der Waals surface area (Å²) in [5, 5.41) is 4.29. The number of hydrogen-bond donors (Lipinski definition) is 2. The Morgan fingerprint density at radius 3 is 2.84 bits per heavy atom. The maximum atomic E-state index is 5.76. The van der Waals surface area contributed by atoms with Crippen molar-refractivity contribution in [3.8, 4) is 0 Å². The molecule has 0 bridgehead atoms. The molecule has 0 unspecified atom stereocenters. The molecule has 3 N–H and O–H groups in total. The van der Waals surface area contributed by atoms with Crippen LogP contribution in [-0.4, -0.2) is 16.5 Å². The minimum absolute atomic E-state index is 0.777. The summed E-state index contributed by atoms with van der Waals surface area (Å²) in [6.45, 7) is 0.860. The average Bonchev–Trinajstić information content (AvgIpc) is 2.82. The van der Waals surface area contributed by atoms with E-state index in [9.17, 15) is 0 Å². The molecule has 1 aromatic carbocycles. The number of hydrogen-bond acceptors (Lipinski definition) is 5. The van der Waals surface area contributed by atoms with Gasteiger partial charge in [-0.25, -0.2) is 4.98 Å². The second kappa shape index (κ2) is 5.24. The standard InChI is InChI=1S/C14H14N4S/c15-11-1-2-12-13(9-11)19-14(18-12)17-8-5-10-3-6-16-7-4-10/h1-4,6-7,9H,5,8,15H2,(H,17,18). The average molecular weight is 270 g/mol. The van der Waals surface area contributed by atoms with Crippen molar-refractivity contribution in [1.82, 2.24) is 9.97 Å². The van der Waals surface area contributed by atoms with Gasteiger partial charge in [0.05, 0.1) is 10.2 Å².